The van der Waals surface area contributed by atoms with Crippen LogP contribution in [0.25, 0.3) is 0 Å². The van der Waals surface area contributed by atoms with Crippen LogP contribution in [0.4, 0.5) is 0 Å². The second kappa shape index (κ2) is 11.6. The summed E-state index contributed by atoms with van der Waals surface area (Å²) in [6.45, 7) is 5.92. The number of nitrogens with one attached hydrogen (secondary N) is 1. The van der Waals surface area contributed by atoms with Gasteiger partial charge in [-0.15, -0.1) is 0 Å². The number of aromatic nitrogens is 1. The van der Waals surface area contributed by atoms with Crippen molar-refractivity contribution in [2.75, 3.05) is 7.05 Å². The number of nitrogens with zero attached hydrogens (tertiary/aromatic N) is 1. The summed E-state index contributed by atoms with van der Waals surface area (Å²) in [5.74, 6) is 0.834. The lowest BCUT2D eigenvalue weighted by atomic mass is 9.66. The van der Waals surface area contributed by atoms with Gasteiger partial charge in [-0.1, -0.05) is 42.7 Å². The molecule has 1 atom stereocenters. The number of rotatable bonds is 13. The summed E-state index contributed by atoms with van der Waals surface area (Å²) in [7, 11) is 1.67. The SMILES string of the molecule is CNC(=O)C(C)(C)CC1CC(c2onc([C@@H](CCC(=O)O)CC(=O)Cc3ccc(C)cc3Cl)c2C2CC2)C1. The first kappa shape index (κ1) is 28.3. The Labute approximate surface area is 229 Å². The van der Waals surface area contributed by atoms with Gasteiger partial charge in [-0.25, -0.2) is 0 Å². The van der Waals surface area contributed by atoms with Crippen LogP contribution in [-0.2, 0) is 20.8 Å². The molecule has 4 rings (SSSR count). The van der Waals surface area contributed by atoms with Crippen molar-refractivity contribution in [1.82, 2.24) is 10.5 Å². The lowest BCUT2D eigenvalue weighted by molar-refractivity contribution is -0.137. The van der Waals surface area contributed by atoms with Gasteiger partial charge < -0.3 is 14.9 Å². The van der Waals surface area contributed by atoms with Gasteiger partial charge in [0.2, 0.25) is 5.91 Å². The Morgan fingerprint density at radius 2 is 1.92 bits per heavy atom. The molecule has 0 bridgehead atoms. The Morgan fingerprint density at radius 1 is 1.21 bits per heavy atom. The number of hydrogen-bond donors (Lipinski definition) is 2. The Balaban J connectivity index is 1.49. The standard InChI is InChI=1S/C30H39ClN2O5/c1-17-5-6-20(24(31)11-17)14-23(34)15-21(9-10-25(35)36)27-26(19-7-8-19)28(38-33-27)22-12-18(13-22)16-30(2,3)29(37)32-4/h5-6,11,18-19,21-22H,7-10,12-16H2,1-4H3,(H,32,37)(H,35,36)/t18?,21-,22?/m0/s1. The molecule has 2 aliphatic rings. The van der Waals surface area contributed by atoms with E-state index in [9.17, 15) is 19.5 Å². The zero-order valence-corrected chi connectivity index (χ0v) is 23.6. The molecule has 38 heavy (non-hydrogen) atoms. The molecule has 2 aromatic rings. The number of amides is 1. The second-order valence-electron chi connectivity index (χ2n) is 12.0. The molecular weight excluding hydrogens is 504 g/mol. The van der Waals surface area contributed by atoms with Gasteiger partial charge >= 0.3 is 5.97 Å². The molecule has 1 aromatic carbocycles. The van der Waals surface area contributed by atoms with Gasteiger partial charge in [0.05, 0.1) is 5.69 Å². The van der Waals surface area contributed by atoms with Gasteiger partial charge in [0.1, 0.15) is 11.5 Å². The largest absolute Gasteiger partial charge is 0.481 e. The van der Waals surface area contributed by atoms with Crippen LogP contribution in [0.5, 0.6) is 0 Å². The summed E-state index contributed by atoms with van der Waals surface area (Å²) in [4.78, 5) is 36.8. The summed E-state index contributed by atoms with van der Waals surface area (Å²) < 4.78 is 5.96. The Kier molecular flexibility index (Phi) is 8.65. The minimum absolute atomic E-state index is 0.0116. The van der Waals surface area contributed by atoms with Gasteiger partial charge in [-0.2, -0.15) is 0 Å². The number of ketones is 1. The maximum absolute atomic E-state index is 13.1. The maximum Gasteiger partial charge on any atom is 0.303 e. The van der Waals surface area contributed by atoms with Crippen LogP contribution >= 0.6 is 11.6 Å². The predicted molar refractivity (Wildman–Crippen MR) is 146 cm³/mol. The Bertz CT molecular complexity index is 1190. The van der Waals surface area contributed by atoms with E-state index in [2.05, 4.69) is 10.5 Å². The summed E-state index contributed by atoms with van der Waals surface area (Å²) in [5.41, 5.74) is 3.27. The molecule has 1 amide bonds. The van der Waals surface area contributed by atoms with E-state index in [1.54, 1.807) is 7.05 Å². The van der Waals surface area contributed by atoms with Crippen LogP contribution in [0.3, 0.4) is 0 Å². The molecule has 8 heteroatoms. The fraction of sp³-hybridized carbons (Fsp3) is 0.600. The predicted octanol–water partition coefficient (Wildman–Crippen LogP) is 6.32. The number of carbonyl (C=O) groups excluding carboxylic acids is 2. The van der Waals surface area contributed by atoms with Gasteiger partial charge in [0.15, 0.2) is 0 Å². The third-order valence-electron chi connectivity index (χ3n) is 8.18. The minimum atomic E-state index is -0.888. The molecule has 2 fully saturated rings. The summed E-state index contributed by atoms with van der Waals surface area (Å²) in [6.07, 6.45) is 5.53. The third kappa shape index (κ3) is 6.66. The quantitative estimate of drug-likeness (QED) is 0.306. The molecular formula is C30H39ClN2O5. The Hall–Kier alpha value is -2.67. The van der Waals surface area contributed by atoms with E-state index in [0.717, 1.165) is 60.2 Å². The molecule has 2 aliphatic carbocycles. The van der Waals surface area contributed by atoms with Gasteiger partial charge in [-0.05, 0) is 74.5 Å². The van der Waals surface area contributed by atoms with Crippen molar-refractivity contribution < 1.29 is 24.0 Å². The van der Waals surface area contributed by atoms with E-state index in [1.807, 2.05) is 39.0 Å². The molecule has 1 heterocycles. The number of carbonyl (C=O) groups is 3. The number of carboxylic acids is 1. The number of aryl methyl sites for hydroxylation is 1. The maximum atomic E-state index is 13.1. The van der Waals surface area contributed by atoms with Gasteiger partial charge in [-0.3, -0.25) is 14.4 Å². The molecule has 2 saturated carbocycles. The molecule has 1 aromatic heterocycles. The molecule has 0 unspecified atom stereocenters. The van der Waals surface area contributed by atoms with Gasteiger partial charge in [0, 0.05) is 54.1 Å². The van der Waals surface area contributed by atoms with Crippen molar-refractivity contribution in [3.8, 4) is 0 Å². The van der Waals surface area contributed by atoms with Crippen LogP contribution in [0.15, 0.2) is 22.7 Å². The van der Waals surface area contributed by atoms with E-state index in [-0.39, 0.29) is 42.8 Å². The molecule has 0 spiro atoms. The summed E-state index contributed by atoms with van der Waals surface area (Å²) >= 11 is 6.36. The van der Waals surface area contributed by atoms with Crippen molar-refractivity contribution in [3.05, 3.63) is 51.4 Å². The van der Waals surface area contributed by atoms with E-state index in [4.69, 9.17) is 16.1 Å². The highest BCUT2D eigenvalue weighted by Crippen LogP contribution is 2.53. The monoisotopic (exact) mass is 542 g/mol. The zero-order chi connectivity index (χ0) is 27.6. The summed E-state index contributed by atoms with van der Waals surface area (Å²) in [5, 5.41) is 17.2. The molecule has 7 nitrogen and oxygen atoms in total. The van der Waals surface area contributed by atoms with E-state index in [0.29, 0.717) is 23.3 Å². The molecule has 206 valence electrons. The van der Waals surface area contributed by atoms with Crippen molar-refractivity contribution in [2.24, 2.45) is 11.3 Å². The fourth-order valence-corrected chi connectivity index (χ4v) is 6.25. The van der Waals surface area contributed by atoms with Crippen molar-refractivity contribution in [3.63, 3.8) is 0 Å². The molecule has 0 saturated heterocycles. The normalized spacial score (nSPS) is 20.0. The summed E-state index contributed by atoms with van der Waals surface area (Å²) in [6, 6.07) is 5.67. The van der Waals surface area contributed by atoms with Gasteiger partial charge in [0.25, 0.3) is 0 Å². The highest BCUT2D eigenvalue weighted by Gasteiger charge is 2.43. The van der Waals surface area contributed by atoms with Crippen molar-refractivity contribution in [2.45, 2.75) is 96.3 Å². The number of benzene rings is 1. The Morgan fingerprint density at radius 3 is 2.53 bits per heavy atom. The van der Waals surface area contributed by atoms with Crippen LogP contribution < -0.4 is 5.32 Å². The highest BCUT2D eigenvalue weighted by molar-refractivity contribution is 6.31. The molecule has 2 N–H and O–H groups in total. The lowest BCUT2D eigenvalue weighted by Gasteiger charge is -2.38. The van der Waals surface area contributed by atoms with Crippen molar-refractivity contribution in [1.29, 1.82) is 0 Å². The topological polar surface area (TPSA) is 110 Å². The van der Waals surface area contributed by atoms with E-state index in [1.165, 1.54) is 0 Å². The smallest absolute Gasteiger partial charge is 0.303 e. The minimum Gasteiger partial charge on any atom is -0.481 e. The second-order valence-corrected chi connectivity index (χ2v) is 12.4. The zero-order valence-electron chi connectivity index (χ0n) is 22.8. The molecule has 0 aliphatic heterocycles. The van der Waals surface area contributed by atoms with Crippen LogP contribution in [0, 0.1) is 18.3 Å². The average molecular weight is 543 g/mol. The van der Waals surface area contributed by atoms with E-state index < -0.39 is 11.4 Å². The highest BCUT2D eigenvalue weighted by atomic mass is 35.5. The number of Topliss-reactive ketones (excluding diaryl/α,β-unsaturated/α-hetero) is 1. The number of aliphatic carboxylic acids is 1. The van der Waals surface area contributed by atoms with Crippen LogP contribution in [0.1, 0.15) is 111 Å². The first-order valence-electron chi connectivity index (χ1n) is 13.7. The number of halogens is 1. The number of hydrogen-bond acceptors (Lipinski definition) is 5. The first-order valence-corrected chi connectivity index (χ1v) is 14.1. The average Bonchev–Trinajstić information content (AvgIpc) is 3.58. The molecule has 0 radical (unpaired) electrons. The number of carboxylic acid groups (broad SMARTS) is 1. The van der Waals surface area contributed by atoms with E-state index >= 15 is 0 Å². The first-order chi connectivity index (χ1) is 18.0. The lowest BCUT2D eigenvalue weighted by Crippen LogP contribution is -2.38. The van der Waals surface area contributed by atoms with Crippen molar-refractivity contribution >= 4 is 29.3 Å². The third-order valence-corrected chi connectivity index (χ3v) is 8.53. The van der Waals surface area contributed by atoms with Crippen LogP contribution in [0.2, 0.25) is 5.02 Å². The van der Waals surface area contributed by atoms with Crippen LogP contribution in [-0.4, -0.2) is 35.0 Å². The fourth-order valence-electron chi connectivity index (χ4n) is 5.95.